The van der Waals surface area contributed by atoms with Crippen LogP contribution >= 0.6 is 27.5 Å². The molecule has 3 heterocycles. The molecule has 1 aromatic carbocycles. The van der Waals surface area contributed by atoms with Crippen LogP contribution in [-0.2, 0) is 11.2 Å². The van der Waals surface area contributed by atoms with Gasteiger partial charge < -0.3 is 13.8 Å². The lowest BCUT2D eigenvalue weighted by molar-refractivity contribution is -0.127. The number of hydrogen-bond acceptors (Lipinski definition) is 5. The van der Waals surface area contributed by atoms with Crippen molar-refractivity contribution in [3.05, 3.63) is 57.5 Å². The first kappa shape index (κ1) is 17.3. The maximum Gasteiger partial charge on any atom is 0.293 e. The molecule has 0 spiro atoms. The lowest BCUT2D eigenvalue weighted by Crippen LogP contribution is -2.27. The molecule has 1 saturated heterocycles. The molecule has 1 aliphatic heterocycles. The number of furan rings is 1. The van der Waals surface area contributed by atoms with Crippen LogP contribution in [0.1, 0.15) is 23.7 Å². The molecule has 0 N–H and O–H groups in total. The van der Waals surface area contributed by atoms with Gasteiger partial charge in [-0.25, -0.2) is 0 Å². The average Bonchev–Trinajstić information content (AvgIpc) is 3.34. The quantitative estimate of drug-likeness (QED) is 0.596. The van der Waals surface area contributed by atoms with Gasteiger partial charge in [0.25, 0.3) is 5.89 Å². The fraction of sp³-hybridized carbons (Fsp3) is 0.278. The van der Waals surface area contributed by atoms with Crippen molar-refractivity contribution in [1.82, 2.24) is 15.0 Å². The highest BCUT2D eigenvalue weighted by molar-refractivity contribution is 9.10. The van der Waals surface area contributed by atoms with Crippen molar-refractivity contribution in [1.29, 1.82) is 0 Å². The number of nitrogens with zero attached hydrogens (tertiary/aromatic N) is 3. The zero-order valence-electron chi connectivity index (χ0n) is 13.7. The van der Waals surface area contributed by atoms with Crippen molar-refractivity contribution in [2.45, 2.75) is 18.8 Å². The Morgan fingerprint density at radius 2 is 2.04 bits per heavy atom. The summed E-state index contributed by atoms with van der Waals surface area (Å²) < 4.78 is 11.3. The molecular weight excluding hydrogens is 422 g/mol. The number of carbonyl (C=O) groups excluding carboxylic acids is 1. The van der Waals surface area contributed by atoms with Gasteiger partial charge in [-0.05, 0) is 52.2 Å². The van der Waals surface area contributed by atoms with E-state index in [4.69, 9.17) is 20.5 Å². The van der Waals surface area contributed by atoms with Gasteiger partial charge in [-0.15, -0.1) is 0 Å². The van der Waals surface area contributed by atoms with Crippen molar-refractivity contribution in [2.24, 2.45) is 0 Å². The topological polar surface area (TPSA) is 72.4 Å². The van der Waals surface area contributed by atoms with E-state index in [1.807, 2.05) is 29.2 Å². The summed E-state index contributed by atoms with van der Waals surface area (Å²) in [5.41, 5.74) is 1.15. The van der Waals surface area contributed by atoms with E-state index in [-0.39, 0.29) is 11.8 Å². The van der Waals surface area contributed by atoms with Crippen LogP contribution in [0.2, 0.25) is 5.02 Å². The molecule has 26 heavy (non-hydrogen) atoms. The van der Waals surface area contributed by atoms with Crippen LogP contribution in [0, 0.1) is 0 Å². The average molecular weight is 437 g/mol. The molecule has 3 aromatic rings. The van der Waals surface area contributed by atoms with Gasteiger partial charge >= 0.3 is 0 Å². The van der Waals surface area contributed by atoms with Gasteiger partial charge in [0.15, 0.2) is 16.3 Å². The Morgan fingerprint density at radius 3 is 2.77 bits per heavy atom. The van der Waals surface area contributed by atoms with E-state index in [2.05, 4.69) is 26.1 Å². The molecule has 2 aromatic heterocycles. The monoisotopic (exact) mass is 435 g/mol. The third-order valence-corrected chi connectivity index (χ3v) is 5.07. The number of likely N-dealkylation sites (tertiary alicyclic amines) is 1. The van der Waals surface area contributed by atoms with Crippen molar-refractivity contribution in [3.63, 3.8) is 0 Å². The predicted molar refractivity (Wildman–Crippen MR) is 98.8 cm³/mol. The number of benzene rings is 1. The van der Waals surface area contributed by atoms with E-state index in [1.165, 1.54) is 0 Å². The molecule has 0 aliphatic carbocycles. The number of halogens is 2. The zero-order valence-corrected chi connectivity index (χ0v) is 16.0. The maximum absolute atomic E-state index is 12.3. The smallest absolute Gasteiger partial charge is 0.293 e. The van der Waals surface area contributed by atoms with Gasteiger partial charge in [-0.1, -0.05) is 28.9 Å². The summed E-state index contributed by atoms with van der Waals surface area (Å²) in [4.78, 5) is 18.5. The number of hydrogen-bond donors (Lipinski definition) is 0. The minimum Gasteiger partial charge on any atom is -0.444 e. The van der Waals surface area contributed by atoms with E-state index in [0.29, 0.717) is 46.7 Å². The second-order valence-corrected chi connectivity index (χ2v) is 7.40. The molecule has 4 rings (SSSR count). The minimum atomic E-state index is -0.0661. The van der Waals surface area contributed by atoms with Gasteiger partial charge in [-0.3, -0.25) is 4.79 Å². The normalized spacial score (nSPS) is 17.2. The van der Waals surface area contributed by atoms with E-state index >= 15 is 0 Å². The predicted octanol–water partition coefficient (Wildman–Crippen LogP) is 4.30. The molecule has 0 radical (unpaired) electrons. The van der Waals surface area contributed by atoms with Crippen LogP contribution in [0.5, 0.6) is 0 Å². The summed E-state index contributed by atoms with van der Waals surface area (Å²) in [5, 5.41) is 4.74. The van der Waals surface area contributed by atoms with Crippen LogP contribution in [0.25, 0.3) is 11.7 Å². The molecule has 1 unspecified atom stereocenters. The lowest BCUT2D eigenvalue weighted by atomic mass is 10.1. The Balaban J connectivity index is 1.39. The lowest BCUT2D eigenvalue weighted by Gasteiger charge is -2.15. The van der Waals surface area contributed by atoms with Crippen molar-refractivity contribution in [3.8, 4) is 11.7 Å². The molecule has 0 saturated carbocycles. The summed E-state index contributed by atoms with van der Waals surface area (Å²) in [5.74, 6) is 1.40. The van der Waals surface area contributed by atoms with E-state index in [0.717, 1.165) is 12.0 Å². The third kappa shape index (κ3) is 3.68. The molecule has 6 nitrogen and oxygen atoms in total. The second-order valence-electron chi connectivity index (χ2n) is 6.18. The first-order valence-electron chi connectivity index (χ1n) is 8.20. The largest absolute Gasteiger partial charge is 0.444 e. The minimum absolute atomic E-state index is 0.0661. The van der Waals surface area contributed by atoms with Crippen LogP contribution < -0.4 is 0 Å². The van der Waals surface area contributed by atoms with Gasteiger partial charge in [0, 0.05) is 30.5 Å². The van der Waals surface area contributed by atoms with Gasteiger partial charge in [-0.2, -0.15) is 4.98 Å². The van der Waals surface area contributed by atoms with Gasteiger partial charge in [0.05, 0.1) is 0 Å². The highest BCUT2D eigenvalue weighted by Crippen LogP contribution is 2.29. The Labute approximate surface area is 163 Å². The molecule has 134 valence electrons. The standard InChI is InChI=1S/C18H15BrClN3O3/c19-15-6-5-14(25-15)18-21-17(22-26-18)12-9-16(24)23(10-12)8-7-11-1-3-13(20)4-2-11/h1-6,12H,7-10H2. The first-order chi connectivity index (χ1) is 12.6. The van der Waals surface area contributed by atoms with E-state index in [1.54, 1.807) is 12.1 Å². The number of amides is 1. The van der Waals surface area contributed by atoms with E-state index in [9.17, 15) is 4.79 Å². The fourth-order valence-electron chi connectivity index (χ4n) is 3.01. The Morgan fingerprint density at radius 1 is 1.23 bits per heavy atom. The molecule has 1 atom stereocenters. The van der Waals surface area contributed by atoms with Crippen LogP contribution in [0.4, 0.5) is 0 Å². The molecular formula is C18H15BrClN3O3. The summed E-state index contributed by atoms with van der Waals surface area (Å²) in [6, 6.07) is 11.2. The molecule has 1 amide bonds. The number of carbonyl (C=O) groups is 1. The maximum atomic E-state index is 12.3. The first-order valence-corrected chi connectivity index (χ1v) is 9.37. The highest BCUT2D eigenvalue weighted by Gasteiger charge is 2.33. The Bertz CT molecular complexity index is 922. The molecule has 1 aliphatic rings. The SMILES string of the molecule is O=C1CC(c2noc(-c3ccc(Br)o3)n2)CN1CCc1ccc(Cl)cc1. The van der Waals surface area contributed by atoms with Gasteiger partial charge in [0.2, 0.25) is 5.91 Å². The van der Waals surface area contributed by atoms with Crippen LogP contribution in [0.15, 0.2) is 50.0 Å². The number of aromatic nitrogens is 2. The van der Waals surface area contributed by atoms with Crippen molar-refractivity contribution in [2.75, 3.05) is 13.1 Å². The van der Waals surface area contributed by atoms with Crippen LogP contribution in [0.3, 0.4) is 0 Å². The van der Waals surface area contributed by atoms with E-state index < -0.39 is 0 Å². The van der Waals surface area contributed by atoms with Crippen molar-refractivity contribution < 1.29 is 13.7 Å². The van der Waals surface area contributed by atoms with Gasteiger partial charge in [0.1, 0.15) is 0 Å². The second kappa shape index (κ2) is 7.25. The Kier molecular flexibility index (Phi) is 4.82. The molecule has 0 bridgehead atoms. The summed E-state index contributed by atoms with van der Waals surface area (Å²) in [7, 11) is 0. The van der Waals surface area contributed by atoms with Crippen molar-refractivity contribution >= 4 is 33.4 Å². The number of rotatable bonds is 5. The Hall–Kier alpha value is -2.12. The summed E-state index contributed by atoms with van der Waals surface area (Å²) in [6.45, 7) is 1.25. The zero-order chi connectivity index (χ0) is 18.1. The van der Waals surface area contributed by atoms with Crippen LogP contribution in [-0.4, -0.2) is 34.0 Å². The molecule has 1 fully saturated rings. The fourth-order valence-corrected chi connectivity index (χ4v) is 3.44. The summed E-state index contributed by atoms with van der Waals surface area (Å²) in [6.07, 6.45) is 1.18. The summed E-state index contributed by atoms with van der Waals surface area (Å²) >= 11 is 9.14. The highest BCUT2D eigenvalue weighted by atomic mass is 79.9. The molecule has 8 heteroatoms. The third-order valence-electron chi connectivity index (χ3n) is 4.39.